The maximum absolute atomic E-state index is 13.4. The van der Waals surface area contributed by atoms with E-state index in [0.29, 0.717) is 37.6 Å². The van der Waals surface area contributed by atoms with E-state index in [9.17, 15) is 10.1 Å². The molecule has 0 radical (unpaired) electrons. The number of aromatic nitrogens is 3. The molecule has 0 bridgehead atoms. The predicted molar refractivity (Wildman–Crippen MR) is 124 cm³/mol. The molecule has 0 fully saturated rings. The summed E-state index contributed by atoms with van der Waals surface area (Å²) < 4.78 is 8.48. The molecule has 164 valence electrons. The van der Waals surface area contributed by atoms with Crippen LogP contribution in [0.15, 0.2) is 41.3 Å². The second kappa shape index (κ2) is 9.40. The molecule has 1 aliphatic rings. The molecule has 4 rings (SSSR count). The van der Waals surface area contributed by atoms with Gasteiger partial charge in [0.15, 0.2) is 11.4 Å². The van der Waals surface area contributed by atoms with E-state index >= 15 is 0 Å². The quantitative estimate of drug-likeness (QED) is 0.538. The lowest BCUT2D eigenvalue weighted by Crippen LogP contribution is -2.37. The van der Waals surface area contributed by atoms with Crippen molar-refractivity contribution in [3.05, 3.63) is 69.2 Å². The molecule has 0 aliphatic carbocycles. The molecular formula is C23H23BrN6O2. The van der Waals surface area contributed by atoms with E-state index in [1.165, 1.54) is 0 Å². The van der Waals surface area contributed by atoms with Crippen molar-refractivity contribution in [2.24, 2.45) is 0 Å². The smallest absolute Gasteiger partial charge is 0.254 e. The first kappa shape index (κ1) is 21.8. The van der Waals surface area contributed by atoms with Gasteiger partial charge in [-0.25, -0.2) is 9.97 Å². The van der Waals surface area contributed by atoms with Crippen LogP contribution in [0.1, 0.15) is 39.7 Å². The lowest BCUT2D eigenvalue weighted by atomic mass is 9.96. The molecule has 0 spiro atoms. The van der Waals surface area contributed by atoms with Gasteiger partial charge in [0.2, 0.25) is 5.95 Å². The van der Waals surface area contributed by atoms with E-state index in [0.717, 1.165) is 33.5 Å². The normalized spacial score (nSPS) is 12.9. The van der Waals surface area contributed by atoms with Crippen LogP contribution < -0.4 is 10.1 Å². The molecule has 0 saturated heterocycles. The van der Waals surface area contributed by atoms with Crippen LogP contribution in [0.5, 0.6) is 5.75 Å². The molecular weight excluding hydrogens is 472 g/mol. The number of amides is 1. The van der Waals surface area contributed by atoms with Crippen LogP contribution >= 0.6 is 15.9 Å². The highest BCUT2D eigenvalue weighted by Gasteiger charge is 2.27. The lowest BCUT2D eigenvalue weighted by molar-refractivity contribution is 0.0726. The number of anilines is 1. The van der Waals surface area contributed by atoms with E-state index in [1.54, 1.807) is 18.5 Å². The Hall–Kier alpha value is -3.38. The maximum Gasteiger partial charge on any atom is 0.254 e. The van der Waals surface area contributed by atoms with Gasteiger partial charge in [-0.3, -0.25) is 4.79 Å². The van der Waals surface area contributed by atoms with Crippen LogP contribution in [0.2, 0.25) is 0 Å². The van der Waals surface area contributed by atoms with Gasteiger partial charge in [-0.2, -0.15) is 5.26 Å². The summed E-state index contributed by atoms with van der Waals surface area (Å²) in [5.74, 6) is 1.20. The molecule has 1 aliphatic heterocycles. The Morgan fingerprint density at radius 1 is 1.25 bits per heavy atom. The van der Waals surface area contributed by atoms with Crippen LogP contribution in [-0.2, 0) is 19.5 Å². The number of ether oxygens (including phenoxy) is 1. The fourth-order valence-electron chi connectivity index (χ4n) is 3.90. The summed E-state index contributed by atoms with van der Waals surface area (Å²) >= 11 is 3.66. The standard InChI is InChI=1S/C23H23BrN6O2/c1-3-32-21-10-16(12-28-20(21)11-25)14-29-6-4-17-18(22(29)31)8-15(9-19(17)24)13-30-7-5-27-23(30)26-2/h5,7-10,12H,3-4,6,13-14H2,1-2H3,(H,26,27). The van der Waals surface area contributed by atoms with Gasteiger partial charge in [0.05, 0.1) is 13.2 Å². The second-order valence-electron chi connectivity index (χ2n) is 7.44. The van der Waals surface area contributed by atoms with Gasteiger partial charge >= 0.3 is 0 Å². The fraction of sp³-hybridized carbons (Fsp3) is 0.304. The molecule has 0 atom stereocenters. The third-order valence-electron chi connectivity index (χ3n) is 5.39. The lowest BCUT2D eigenvalue weighted by Gasteiger charge is -2.30. The van der Waals surface area contributed by atoms with E-state index in [4.69, 9.17) is 4.74 Å². The van der Waals surface area contributed by atoms with Crippen LogP contribution in [-0.4, -0.2) is 45.5 Å². The van der Waals surface area contributed by atoms with Gasteiger partial charge in [0.1, 0.15) is 6.07 Å². The molecule has 1 aromatic carbocycles. The number of fused-ring (bicyclic) bond motifs is 1. The Bertz CT molecular complexity index is 1200. The summed E-state index contributed by atoms with van der Waals surface area (Å²) in [7, 11) is 1.83. The molecule has 2 aromatic heterocycles. The zero-order valence-electron chi connectivity index (χ0n) is 17.9. The zero-order chi connectivity index (χ0) is 22.7. The monoisotopic (exact) mass is 494 g/mol. The number of hydrogen-bond acceptors (Lipinski definition) is 6. The van der Waals surface area contributed by atoms with E-state index in [2.05, 4.69) is 37.3 Å². The van der Waals surface area contributed by atoms with E-state index in [-0.39, 0.29) is 11.6 Å². The minimum atomic E-state index is -0.0180. The minimum Gasteiger partial charge on any atom is -0.491 e. The summed E-state index contributed by atoms with van der Waals surface area (Å²) in [6.07, 6.45) is 6.04. The number of imidazole rings is 1. The summed E-state index contributed by atoms with van der Waals surface area (Å²) in [6, 6.07) is 7.87. The Kier molecular flexibility index (Phi) is 6.42. The highest BCUT2D eigenvalue weighted by atomic mass is 79.9. The van der Waals surface area contributed by atoms with Crippen molar-refractivity contribution in [3.8, 4) is 11.8 Å². The SMILES string of the molecule is CCOc1cc(CN2CCc3c(Br)cc(Cn4ccnc4NC)cc3C2=O)cnc1C#N. The van der Waals surface area contributed by atoms with E-state index < -0.39 is 0 Å². The second-order valence-corrected chi connectivity index (χ2v) is 8.30. The van der Waals surface area contributed by atoms with Crippen molar-refractivity contribution in [1.29, 1.82) is 5.26 Å². The summed E-state index contributed by atoms with van der Waals surface area (Å²) in [4.78, 5) is 23.6. The highest BCUT2D eigenvalue weighted by molar-refractivity contribution is 9.10. The predicted octanol–water partition coefficient (Wildman–Crippen LogP) is 3.60. The van der Waals surface area contributed by atoms with Crippen molar-refractivity contribution in [2.75, 3.05) is 25.5 Å². The Morgan fingerprint density at radius 2 is 2.09 bits per heavy atom. The Labute approximate surface area is 195 Å². The zero-order valence-corrected chi connectivity index (χ0v) is 19.5. The maximum atomic E-state index is 13.4. The van der Waals surface area contributed by atoms with Gasteiger partial charge in [0.25, 0.3) is 5.91 Å². The van der Waals surface area contributed by atoms with Crippen molar-refractivity contribution in [3.63, 3.8) is 0 Å². The van der Waals surface area contributed by atoms with Crippen LogP contribution in [0, 0.1) is 11.3 Å². The topological polar surface area (TPSA) is 96.1 Å². The number of pyridine rings is 1. The van der Waals surface area contributed by atoms with Gasteiger partial charge < -0.3 is 19.5 Å². The average Bonchev–Trinajstić information content (AvgIpc) is 3.23. The van der Waals surface area contributed by atoms with Gasteiger partial charge in [0, 0.05) is 48.8 Å². The summed E-state index contributed by atoms with van der Waals surface area (Å²) in [5, 5.41) is 12.3. The third-order valence-corrected chi connectivity index (χ3v) is 6.09. The first-order valence-electron chi connectivity index (χ1n) is 10.3. The van der Waals surface area contributed by atoms with Crippen molar-refractivity contribution in [1.82, 2.24) is 19.4 Å². The third kappa shape index (κ3) is 4.32. The Morgan fingerprint density at radius 3 is 2.84 bits per heavy atom. The minimum absolute atomic E-state index is 0.0180. The van der Waals surface area contributed by atoms with Gasteiger partial charge in [-0.05, 0) is 48.2 Å². The number of carbonyl (C=O) groups is 1. The van der Waals surface area contributed by atoms with Crippen molar-refractivity contribution < 1.29 is 9.53 Å². The number of benzene rings is 1. The summed E-state index contributed by atoms with van der Waals surface area (Å²) in [5.41, 5.74) is 3.83. The number of halogens is 1. The van der Waals surface area contributed by atoms with Crippen LogP contribution in [0.3, 0.4) is 0 Å². The molecule has 0 unspecified atom stereocenters. The highest BCUT2D eigenvalue weighted by Crippen LogP contribution is 2.30. The molecule has 9 heteroatoms. The molecule has 0 saturated carbocycles. The van der Waals surface area contributed by atoms with Crippen LogP contribution in [0.4, 0.5) is 5.95 Å². The number of nitrogens with one attached hydrogen (secondary N) is 1. The van der Waals surface area contributed by atoms with Crippen molar-refractivity contribution in [2.45, 2.75) is 26.4 Å². The molecule has 1 N–H and O–H groups in total. The molecule has 3 heterocycles. The first-order chi connectivity index (χ1) is 15.5. The summed E-state index contributed by atoms with van der Waals surface area (Å²) in [6.45, 7) is 3.92. The largest absolute Gasteiger partial charge is 0.491 e. The van der Waals surface area contributed by atoms with Crippen molar-refractivity contribution >= 4 is 27.8 Å². The number of hydrogen-bond donors (Lipinski definition) is 1. The van der Waals surface area contributed by atoms with Gasteiger partial charge in [-0.1, -0.05) is 15.9 Å². The fourth-order valence-corrected chi connectivity index (χ4v) is 4.61. The number of rotatable bonds is 7. The number of carbonyl (C=O) groups excluding carboxylic acids is 1. The molecule has 8 nitrogen and oxygen atoms in total. The number of nitriles is 1. The first-order valence-corrected chi connectivity index (χ1v) is 11.1. The molecule has 32 heavy (non-hydrogen) atoms. The Balaban J connectivity index is 1.58. The van der Waals surface area contributed by atoms with Gasteiger partial charge in [-0.15, -0.1) is 0 Å². The van der Waals surface area contributed by atoms with Crippen LogP contribution in [0.25, 0.3) is 0 Å². The molecule has 1 amide bonds. The molecule has 3 aromatic rings. The van der Waals surface area contributed by atoms with E-state index in [1.807, 2.05) is 41.8 Å². The number of nitrogens with zero attached hydrogens (tertiary/aromatic N) is 5. The average molecular weight is 495 g/mol.